The number of nitrogens with zero attached hydrogens (tertiary/aromatic N) is 2. The number of hydrogen-bond donors (Lipinski definition) is 1. The highest BCUT2D eigenvalue weighted by molar-refractivity contribution is 7.17. The fraction of sp³-hybridized carbons (Fsp3) is 0.333. The fourth-order valence-electron chi connectivity index (χ4n) is 4.78. The Morgan fingerprint density at radius 2 is 1.90 bits per heavy atom. The first-order valence-corrected chi connectivity index (χ1v) is 14.1. The number of amides is 1. The van der Waals surface area contributed by atoms with E-state index in [-0.39, 0.29) is 26.9 Å². The number of aliphatic hydroxyl groups is 1. The standard InChI is InChI=1S/C30H30N2O8S/c1-4-5-6-12-38-20-9-7-8-18(15-20)24-23(25(33)19-10-11-21-22(16-19)40-14-13-39-21)26(34)28(35)32(24)30-31-17(2)27(41-30)29(36)37-3/h7-11,15-16,24,33H,4-6,12-14H2,1-3H3/b25-23+/t24-/m1/s1. The normalized spacial score (nSPS) is 17.5. The van der Waals surface area contributed by atoms with Crippen LogP contribution in [0.5, 0.6) is 17.2 Å². The number of rotatable bonds is 9. The molecule has 2 aliphatic heterocycles. The molecule has 0 spiro atoms. The zero-order valence-corrected chi connectivity index (χ0v) is 23.8. The van der Waals surface area contributed by atoms with Gasteiger partial charge < -0.3 is 24.1 Å². The van der Waals surface area contributed by atoms with Crippen molar-refractivity contribution < 1.29 is 38.4 Å². The molecule has 10 nitrogen and oxygen atoms in total. The number of ketones is 1. The number of esters is 1. The zero-order valence-electron chi connectivity index (χ0n) is 23.0. The van der Waals surface area contributed by atoms with Gasteiger partial charge in [-0.3, -0.25) is 14.5 Å². The zero-order chi connectivity index (χ0) is 29.1. The first-order chi connectivity index (χ1) is 19.8. The summed E-state index contributed by atoms with van der Waals surface area (Å²) in [6.07, 6.45) is 2.97. The van der Waals surface area contributed by atoms with Crippen molar-refractivity contribution in [3.8, 4) is 17.2 Å². The second-order valence-corrected chi connectivity index (χ2v) is 10.5. The van der Waals surface area contributed by atoms with Crippen LogP contribution in [0, 0.1) is 6.92 Å². The molecule has 41 heavy (non-hydrogen) atoms. The number of benzene rings is 2. The molecule has 5 rings (SSSR count). The van der Waals surface area contributed by atoms with E-state index in [0.29, 0.717) is 48.3 Å². The number of fused-ring (bicyclic) bond motifs is 1. The van der Waals surface area contributed by atoms with Crippen molar-refractivity contribution in [1.82, 2.24) is 4.98 Å². The van der Waals surface area contributed by atoms with Crippen LogP contribution in [0.3, 0.4) is 0 Å². The molecule has 0 radical (unpaired) electrons. The van der Waals surface area contributed by atoms with Gasteiger partial charge in [-0.05, 0) is 49.2 Å². The maximum absolute atomic E-state index is 13.6. The Morgan fingerprint density at radius 3 is 2.66 bits per heavy atom. The summed E-state index contributed by atoms with van der Waals surface area (Å²) in [6.45, 7) is 5.00. The van der Waals surface area contributed by atoms with Crippen molar-refractivity contribution in [2.24, 2.45) is 0 Å². The highest BCUT2D eigenvalue weighted by atomic mass is 32.1. The van der Waals surface area contributed by atoms with E-state index in [1.807, 2.05) is 0 Å². The van der Waals surface area contributed by atoms with Crippen molar-refractivity contribution in [1.29, 1.82) is 0 Å². The smallest absolute Gasteiger partial charge is 0.350 e. The second kappa shape index (κ2) is 12.0. The van der Waals surface area contributed by atoms with Gasteiger partial charge in [0.1, 0.15) is 29.6 Å². The molecule has 3 heterocycles. The molecule has 1 saturated heterocycles. The average Bonchev–Trinajstić information content (AvgIpc) is 3.50. The van der Waals surface area contributed by atoms with E-state index in [1.165, 1.54) is 12.0 Å². The monoisotopic (exact) mass is 578 g/mol. The number of methoxy groups -OCH3 is 1. The molecule has 214 valence electrons. The highest BCUT2D eigenvalue weighted by Gasteiger charge is 2.48. The number of carbonyl (C=O) groups is 3. The van der Waals surface area contributed by atoms with E-state index in [0.717, 1.165) is 30.6 Å². The average molecular weight is 579 g/mol. The van der Waals surface area contributed by atoms with Gasteiger partial charge >= 0.3 is 11.9 Å². The Hall–Kier alpha value is -4.38. The Morgan fingerprint density at radius 1 is 1.12 bits per heavy atom. The molecule has 0 unspecified atom stereocenters. The molecule has 2 aromatic carbocycles. The van der Waals surface area contributed by atoms with Crippen LogP contribution in [0.25, 0.3) is 5.76 Å². The third-order valence-electron chi connectivity index (χ3n) is 6.81. The van der Waals surface area contributed by atoms with Gasteiger partial charge in [-0.2, -0.15) is 0 Å². The number of carbonyl (C=O) groups excluding carboxylic acids is 3. The van der Waals surface area contributed by atoms with Gasteiger partial charge in [0.05, 0.1) is 31.0 Å². The van der Waals surface area contributed by atoms with Gasteiger partial charge in [-0.25, -0.2) is 9.78 Å². The number of thiazole rings is 1. The minimum absolute atomic E-state index is 0.123. The van der Waals surface area contributed by atoms with Crippen LogP contribution in [-0.4, -0.2) is 54.7 Å². The molecule has 1 amide bonds. The van der Waals surface area contributed by atoms with Gasteiger partial charge in [-0.1, -0.05) is 43.2 Å². The van der Waals surface area contributed by atoms with E-state index in [1.54, 1.807) is 49.4 Å². The van der Waals surface area contributed by atoms with Crippen LogP contribution in [0.4, 0.5) is 5.13 Å². The molecule has 0 bridgehead atoms. The third kappa shape index (κ3) is 5.49. The predicted octanol–water partition coefficient (Wildman–Crippen LogP) is 5.20. The summed E-state index contributed by atoms with van der Waals surface area (Å²) in [5.74, 6) is -1.23. The summed E-state index contributed by atoms with van der Waals surface area (Å²) < 4.78 is 22.0. The molecule has 1 atom stereocenters. The van der Waals surface area contributed by atoms with E-state index >= 15 is 0 Å². The molecular weight excluding hydrogens is 548 g/mol. The number of hydrogen-bond acceptors (Lipinski definition) is 10. The van der Waals surface area contributed by atoms with Crippen LogP contribution in [0.1, 0.15) is 58.7 Å². The second-order valence-electron chi connectivity index (χ2n) is 9.56. The van der Waals surface area contributed by atoms with Crippen LogP contribution >= 0.6 is 11.3 Å². The van der Waals surface area contributed by atoms with E-state index in [2.05, 4.69) is 11.9 Å². The SMILES string of the molecule is CCCCCOc1cccc([C@@H]2/C(=C(\O)c3ccc4c(c3)OCCO4)C(=O)C(=O)N2c2nc(C)c(C(=O)OC)s2)c1. The van der Waals surface area contributed by atoms with Gasteiger partial charge in [0.2, 0.25) is 0 Å². The number of ether oxygens (including phenoxy) is 4. The summed E-state index contributed by atoms with van der Waals surface area (Å²) in [5.41, 5.74) is 1.05. The minimum Gasteiger partial charge on any atom is -0.507 e. The van der Waals surface area contributed by atoms with E-state index in [4.69, 9.17) is 18.9 Å². The van der Waals surface area contributed by atoms with Crippen molar-refractivity contribution in [2.45, 2.75) is 39.2 Å². The Kier molecular flexibility index (Phi) is 8.25. The Bertz CT molecular complexity index is 1530. The molecule has 2 aliphatic rings. The van der Waals surface area contributed by atoms with Gasteiger partial charge in [0.25, 0.3) is 5.78 Å². The molecule has 1 aromatic heterocycles. The molecule has 11 heteroatoms. The minimum atomic E-state index is -1.04. The van der Waals surface area contributed by atoms with Crippen molar-refractivity contribution >= 4 is 39.9 Å². The van der Waals surface area contributed by atoms with Gasteiger partial charge in [0, 0.05) is 5.56 Å². The van der Waals surface area contributed by atoms with Crippen LogP contribution in [0.15, 0.2) is 48.0 Å². The number of Topliss-reactive ketones (excluding diaryl/α,β-unsaturated/α-hetero) is 1. The number of aromatic nitrogens is 1. The summed E-state index contributed by atoms with van der Waals surface area (Å²) >= 11 is 0.941. The van der Waals surface area contributed by atoms with Crippen molar-refractivity contribution in [2.75, 3.05) is 31.8 Å². The Balaban J connectivity index is 1.63. The number of aryl methyl sites for hydroxylation is 1. The van der Waals surface area contributed by atoms with Crippen molar-refractivity contribution in [3.63, 3.8) is 0 Å². The third-order valence-corrected chi connectivity index (χ3v) is 7.95. The predicted molar refractivity (Wildman–Crippen MR) is 152 cm³/mol. The maximum atomic E-state index is 13.6. The lowest BCUT2D eigenvalue weighted by molar-refractivity contribution is -0.132. The molecule has 3 aromatic rings. The van der Waals surface area contributed by atoms with Crippen LogP contribution in [-0.2, 0) is 14.3 Å². The van der Waals surface area contributed by atoms with Crippen molar-refractivity contribution in [3.05, 3.63) is 69.7 Å². The van der Waals surface area contributed by atoms with Gasteiger partial charge in [-0.15, -0.1) is 0 Å². The number of aliphatic hydroxyl groups excluding tert-OH is 1. The number of unbranched alkanes of at least 4 members (excludes halogenated alkanes) is 2. The first-order valence-electron chi connectivity index (χ1n) is 13.3. The van der Waals surface area contributed by atoms with Crippen LogP contribution < -0.4 is 19.1 Å². The van der Waals surface area contributed by atoms with Crippen LogP contribution in [0.2, 0.25) is 0 Å². The lowest BCUT2D eigenvalue weighted by atomic mass is 9.95. The highest BCUT2D eigenvalue weighted by Crippen LogP contribution is 2.45. The topological polar surface area (TPSA) is 124 Å². The fourth-order valence-corrected chi connectivity index (χ4v) is 5.79. The summed E-state index contributed by atoms with van der Waals surface area (Å²) in [5, 5.41) is 11.7. The quantitative estimate of drug-likeness (QED) is 0.120. The molecule has 1 fully saturated rings. The van der Waals surface area contributed by atoms with E-state index < -0.39 is 23.7 Å². The molecule has 1 N–H and O–H groups in total. The molecule has 0 aliphatic carbocycles. The largest absolute Gasteiger partial charge is 0.507 e. The summed E-state index contributed by atoms with van der Waals surface area (Å²) in [7, 11) is 1.26. The molecule has 0 saturated carbocycles. The summed E-state index contributed by atoms with van der Waals surface area (Å²) in [6, 6.07) is 10.8. The number of anilines is 1. The molecular formula is C30H30N2O8S. The Labute approximate surface area is 241 Å². The van der Waals surface area contributed by atoms with E-state index in [9.17, 15) is 19.5 Å². The summed E-state index contributed by atoms with van der Waals surface area (Å²) in [4.78, 5) is 45.3. The van der Waals surface area contributed by atoms with Gasteiger partial charge in [0.15, 0.2) is 16.6 Å². The lowest BCUT2D eigenvalue weighted by Crippen LogP contribution is -2.29. The maximum Gasteiger partial charge on any atom is 0.350 e. The first kappa shape index (κ1) is 28.2. The lowest BCUT2D eigenvalue weighted by Gasteiger charge is -2.24.